The Balaban J connectivity index is 1.89. The van der Waals surface area contributed by atoms with Crippen LogP contribution in [0.5, 0.6) is 0 Å². The molecule has 0 heterocycles. The summed E-state index contributed by atoms with van der Waals surface area (Å²) in [4.78, 5) is 37.8. The van der Waals surface area contributed by atoms with Crippen molar-refractivity contribution < 1.29 is 32.7 Å². The predicted octanol–water partition coefficient (Wildman–Crippen LogP) is 6.25. The van der Waals surface area contributed by atoms with Crippen LogP contribution >= 0.6 is 34.8 Å². The van der Waals surface area contributed by atoms with Crippen molar-refractivity contribution in [3.8, 4) is 0 Å². The fourth-order valence-corrected chi connectivity index (χ4v) is 3.66. The second-order valence-electron chi connectivity index (χ2n) is 7.96. The lowest BCUT2D eigenvalue weighted by Crippen LogP contribution is -2.45. The fraction of sp³-hybridized carbons (Fsp3) is 0.115. The van der Waals surface area contributed by atoms with Gasteiger partial charge >= 0.3 is 12.1 Å². The lowest BCUT2D eigenvalue weighted by atomic mass is 10.1. The molecule has 0 radical (unpaired) electrons. The van der Waals surface area contributed by atoms with Crippen molar-refractivity contribution in [2.45, 2.75) is 18.6 Å². The van der Waals surface area contributed by atoms with Crippen LogP contribution in [0.4, 0.5) is 13.2 Å². The minimum atomic E-state index is -4.59. The van der Waals surface area contributed by atoms with Gasteiger partial charge in [-0.3, -0.25) is 9.59 Å². The van der Waals surface area contributed by atoms with Gasteiger partial charge in [-0.25, -0.2) is 4.79 Å². The molecular weight excluding hydrogens is 568 g/mol. The summed E-state index contributed by atoms with van der Waals surface area (Å²) in [6.07, 6.45) is -3.46. The monoisotopic (exact) mass is 584 g/mol. The van der Waals surface area contributed by atoms with E-state index in [1.165, 1.54) is 24.3 Å². The molecule has 12 heteroatoms. The van der Waals surface area contributed by atoms with Crippen molar-refractivity contribution in [1.29, 1.82) is 0 Å². The lowest BCUT2D eigenvalue weighted by molar-refractivity contribution is -0.141. The Kier molecular flexibility index (Phi) is 9.43. The van der Waals surface area contributed by atoms with E-state index in [0.717, 1.165) is 24.3 Å². The number of rotatable bonds is 8. The van der Waals surface area contributed by atoms with E-state index < -0.39 is 35.6 Å². The maximum absolute atomic E-state index is 13.1. The van der Waals surface area contributed by atoms with Gasteiger partial charge in [0.25, 0.3) is 11.8 Å². The van der Waals surface area contributed by atoms with E-state index in [9.17, 15) is 32.7 Å². The van der Waals surface area contributed by atoms with Crippen LogP contribution in [0.3, 0.4) is 0 Å². The SMILES string of the molecule is O=C(NC(Cc1ccc(Cl)cc1)C(=O)O)C(=Cc1ccc(Cl)c(Cl)c1)NC(=O)c1ccc(C(F)(F)F)cc1. The molecule has 3 aromatic carbocycles. The maximum Gasteiger partial charge on any atom is 0.416 e. The minimum absolute atomic E-state index is 0.0921. The van der Waals surface area contributed by atoms with Gasteiger partial charge in [0.15, 0.2) is 0 Å². The van der Waals surface area contributed by atoms with Crippen LogP contribution in [0.2, 0.25) is 15.1 Å². The molecule has 2 amide bonds. The highest BCUT2D eigenvalue weighted by Crippen LogP contribution is 2.29. The Morgan fingerprint density at radius 1 is 0.895 bits per heavy atom. The molecule has 0 saturated carbocycles. The van der Waals surface area contributed by atoms with Gasteiger partial charge in [-0.05, 0) is 65.7 Å². The van der Waals surface area contributed by atoms with Gasteiger partial charge < -0.3 is 15.7 Å². The Hall–Kier alpha value is -3.53. The quantitative estimate of drug-likeness (QED) is 0.273. The second kappa shape index (κ2) is 12.3. The molecule has 0 spiro atoms. The average molecular weight is 586 g/mol. The third kappa shape index (κ3) is 7.98. The number of alkyl halides is 3. The Morgan fingerprint density at radius 3 is 2.08 bits per heavy atom. The number of hydrogen-bond acceptors (Lipinski definition) is 3. The summed E-state index contributed by atoms with van der Waals surface area (Å²) in [5.41, 5.74) is -0.588. The lowest BCUT2D eigenvalue weighted by Gasteiger charge is -2.17. The van der Waals surface area contributed by atoms with Crippen molar-refractivity contribution in [2.24, 2.45) is 0 Å². The molecule has 1 unspecified atom stereocenters. The van der Waals surface area contributed by atoms with E-state index in [1.807, 2.05) is 0 Å². The van der Waals surface area contributed by atoms with E-state index in [1.54, 1.807) is 24.3 Å². The molecule has 0 aliphatic heterocycles. The van der Waals surface area contributed by atoms with E-state index in [4.69, 9.17) is 34.8 Å². The number of carbonyl (C=O) groups is 3. The van der Waals surface area contributed by atoms with E-state index >= 15 is 0 Å². The van der Waals surface area contributed by atoms with Gasteiger partial charge in [-0.2, -0.15) is 13.2 Å². The van der Waals surface area contributed by atoms with Crippen molar-refractivity contribution in [1.82, 2.24) is 10.6 Å². The minimum Gasteiger partial charge on any atom is -0.480 e. The topological polar surface area (TPSA) is 95.5 Å². The summed E-state index contributed by atoms with van der Waals surface area (Å²) in [6, 6.07) is 12.7. The molecule has 0 fully saturated rings. The highest BCUT2D eigenvalue weighted by Gasteiger charge is 2.30. The number of aliphatic carboxylic acids is 1. The molecule has 3 aromatic rings. The van der Waals surface area contributed by atoms with E-state index in [0.29, 0.717) is 16.1 Å². The van der Waals surface area contributed by atoms with E-state index in [-0.39, 0.29) is 27.7 Å². The van der Waals surface area contributed by atoms with Gasteiger partial charge in [0.1, 0.15) is 11.7 Å². The highest BCUT2D eigenvalue weighted by atomic mass is 35.5. The van der Waals surface area contributed by atoms with Crippen LogP contribution in [-0.4, -0.2) is 28.9 Å². The number of nitrogens with one attached hydrogen (secondary N) is 2. The van der Waals surface area contributed by atoms with Crippen molar-refractivity contribution >= 4 is 58.7 Å². The van der Waals surface area contributed by atoms with Crippen molar-refractivity contribution in [3.05, 3.63) is 110 Å². The number of carboxylic acid groups (broad SMARTS) is 1. The summed E-state index contributed by atoms with van der Waals surface area (Å²) in [5.74, 6) is -3.20. The summed E-state index contributed by atoms with van der Waals surface area (Å²) < 4.78 is 38.6. The molecule has 198 valence electrons. The van der Waals surface area contributed by atoms with Crippen LogP contribution < -0.4 is 10.6 Å². The second-order valence-corrected chi connectivity index (χ2v) is 9.21. The molecule has 3 N–H and O–H groups in total. The van der Waals surface area contributed by atoms with Gasteiger partial charge in [0, 0.05) is 17.0 Å². The molecule has 1 atom stereocenters. The van der Waals surface area contributed by atoms with Crippen LogP contribution in [0.25, 0.3) is 6.08 Å². The van der Waals surface area contributed by atoms with Crippen LogP contribution in [0.1, 0.15) is 27.0 Å². The number of hydrogen-bond donors (Lipinski definition) is 3. The molecule has 0 saturated heterocycles. The number of carboxylic acids is 1. The zero-order chi connectivity index (χ0) is 28.0. The Labute approximate surface area is 230 Å². The van der Waals surface area contributed by atoms with Crippen LogP contribution in [0, 0.1) is 0 Å². The number of carbonyl (C=O) groups excluding carboxylic acids is 2. The molecule has 0 aliphatic carbocycles. The zero-order valence-electron chi connectivity index (χ0n) is 19.2. The Morgan fingerprint density at radius 2 is 1.53 bits per heavy atom. The number of amides is 2. The van der Waals surface area contributed by atoms with E-state index in [2.05, 4.69) is 10.6 Å². The normalized spacial score (nSPS) is 12.5. The number of halogens is 6. The first kappa shape index (κ1) is 29.0. The van der Waals surface area contributed by atoms with Gasteiger partial charge in [0.2, 0.25) is 0 Å². The summed E-state index contributed by atoms with van der Waals surface area (Å²) in [6.45, 7) is 0. The standard InChI is InChI=1S/C26H18Cl3F3N2O4/c27-18-8-1-14(2-9-18)12-22(25(37)38)34-24(36)21(13-15-3-10-19(28)20(29)11-15)33-23(35)16-4-6-17(7-5-16)26(30,31)32/h1-11,13,22H,12H2,(H,33,35)(H,34,36)(H,37,38). The Bertz CT molecular complexity index is 1380. The summed E-state index contributed by atoms with van der Waals surface area (Å²) >= 11 is 17.8. The largest absolute Gasteiger partial charge is 0.480 e. The predicted molar refractivity (Wildman–Crippen MR) is 138 cm³/mol. The molecular formula is C26H18Cl3F3N2O4. The molecule has 0 aliphatic rings. The van der Waals surface area contributed by atoms with Crippen molar-refractivity contribution in [2.75, 3.05) is 0 Å². The fourth-order valence-electron chi connectivity index (χ4n) is 3.22. The average Bonchev–Trinajstić information content (AvgIpc) is 2.86. The molecule has 3 rings (SSSR count). The van der Waals surface area contributed by atoms with Crippen molar-refractivity contribution in [3.63, 3.8) is 0 Å². The molecule has 0 bridgehead atoms. The molecule has 6 nitrogen and oxygen atoms in total. The van der Waals surface area contributed by atoms with Gasteiger partial charge in [0.05, 0.1) is 15.6 Å². The first-order valence-corrected chi connectivity index (χ1v) is 11.9. The summed E-state index contributed by atoms with van der Waals surface area (Å²) in [5, 5.41) is 15.2. The third-order valence-electron chi connectivity index (χ3n) is 5.18. The third-order valence-corrected chi connectivity index (χ3v) is 6.17. The highest BCUT2D eigenvalue weighted by molar-refractivity contribution is 6.42. The van der Waals surface area contributed by atoms with Gasteiger partial charge in [-0.1, -0.05) is 53.0 Å². The number of benzene rings is 3. The summed E-state index contributed by atoms with van der Waals surface area (Å²) in [7, 11) is 0. The van der Waals surface area contributed by atoms with Crippen LogP contribution in [-0.2, 0) is 22.2 Å². The molecule has 0 aromatic heterocycles. The first-order chi connectivity index (χ1) is 17.8. The molecule has 38 heavy (non-hydrogen) atoms. The maximum atomic E-state index is 13.1. The zero-order valence-corrected chi connectivity index (χ0v) is 21.4. The van der Waals surface area contributed by atoms with Crippen LogP contribution in [0.15, 0.2) is 72.4 Å². The van der Waals surface area contributed by atoms with Gasteiger partial charge in [-0.15, -0.1) is 0 Å². The first-order valence-electron chi connectivity index (χ1n) is 10.8. The smallest absolute Gasteiger partial charge is 0.416 e.